The van der Waals surface area contributed by atoms with Gasteiger partial charge in [-0.1, -0.05) is 11.8 Å². The van der Waals surface area contributed by atoms with E-state index in [0.717, 1.165) is 11.1 Å². The van der Waals surface area contributed by atoms with Gasteiger partial charge in [-0.2, -0.15) is 0 Å². The number of carbonyl (C=O) groups excluding carboxylic acids is 1. The van der Waals surface area contributed by atoms with Gasteiger partial charge in [-0.3, -0.25) is 4.79 Å². The number of nitrogens with two attached hydrogens (primary N) is 1. The van der Waals surface area contributed by atoms with Crippen molar-refractivity contribution < 1.29 is 4.79 Å². The first kappa shape index (κ1) is 14.3. The van der Waals surface area contributed by atoms with Crippen molar-refractivity contribution in [3.63, 3.8) is 0 Å². The van der Waals surface area contributed by atoms with Crippen LogP contribution in [0, 0.1) is 18.8 Å². The van der Waals surface area contributed by atoms with Crippen LogP contribution < -0.4 is 11.1 Å². The molecule has 1 aromatic rings. The molecule has 1 rings (SSSR count). The molecular weight excluding hydrogens is 224 g/mol. The van der Waals surface area contributed by atoms with Crippen LogP contribution in [0.15, 0.2) is 18.2 Å². The maximum absolute atomic E-state index is 12.1. The molecule has 0 aliphatic rings. The van der Waals surface area contributed by atoms with Gasteiger partial charge in [-0.15, -0.1) is 0 Å². The molecule has 3 N–H and O–H groups in total. The van der Waals surface area contributed by atoms with E-state index in [4.69, 9.17) is 5.73 Å². The van der Waals surface area contributed by atoms with Crippen LogP contribution >= 0.6 is 0 Å². The minimum Gasteiger partial charge on any atom is -0.347 e. The SMILES string of the molecule is Cc1cc(C#CCN)cc(C(=O)NC(C)(C)C)c1. The summed E-state index contributed by atoms with van der Waals surface area (Å²) >= 11 is 0. The van der Waals surface area contributed by atoms with Crippen LogP contribution in [0.25, 0.3) is 0 Å². The molecule has 0 unspecified atom stereocenters. The first-order valence-corrected chi connectivity index (χ1v) is 5.95. The Bertz CT molecular complexity index is 501. The number of amides is 1. The van der Waals surface area contributed by atoms with E-state index in [9.17, 15) is 4.79 Å². The smallest absolute Gasteiger partial charge is 0.251 e. The van der Waals surface area contributed by atoms with Gasteiger partial charge in [0.05, 0.1) is 6.54 Å². The Labute approximate surface area is 109 Å². The maximum atomic E-state index is 12.1. The highest BCUT2D eigenvalue weighted by Gasteiger charge is 2.15. The van der Waals surface area contributed by atoms with Crippen molar-refractivity contribution in [2.75, 3.05) is 6.54 Å². The van der Waals surface area contributed by atoms with E-state index in [1.807, 2.05) is 39.8 Å². The van der Waals surface area contributed by atoms with Crippen molar-refractivity contribution in [3.05, 3.63) is 34.9 Å². The number of hydrogen-bond donors (Lipinski definition) is 2. The normalized spacial score (nSPS) is 10.5. The minimum atomic E-state index is -0.246. The molecule has 0 aliphatic heterocycles. The van der Waals surface area contributed by atoms with Gasteiger partial charge >= 0.3 is 0 Å². The molecule has 96 valence electrons. The highest BCUT2D eigenvalue weighted by atomic mass is 16.1. The number of hydrogen-bond acceptors (Lipinski definition) is 2. The van der Waals surface area contributed by atoms with Gasteiger partial charge in [0, 0.05) is 16.7 Å². The zero-order chi connectivity index (χ0) is 13.8. The van der Waals surface area contributed by atoms with E-state index in [1.165, 1.54) is 0 Å². The Balaban J connectivity index is 3.03. The fourth-order valence-electron chi connectivity index (χ4n) is 1.55. The van der Waals surface area contributed by atoms with Crippen LogP contribution in [-0.4, -0.2) is 18.0 Å². The highest BCUT2D eigenvalue weighted by Crippen LogP contribution is 2.10. The number of aryl methyl sites for hydroxylation is 1. The Morgan fingerprint density at radius 1 is 1.33 bits per heavy atom. The molecule has 0 saturated heterocycles. The average molecular weight is 244 g/mol. The van der Waals surface area contributed by atoms with Crippen LogP contribution in [0.2, 0.25) is 0 Å². The summed E-state index contributed by atoms with van der Waals surface area (Å²) in [7, 11) is 0. The maximum Gasteiger partial charge on any atom is 0.251 e. The molecule has 0 heterocycles. The van der Waals surface area contributed by atoms with Gasteiger partial charge in [0.15, 0.2) is 0 Å². The molecule has 0 radical (unpaired) electrons. The predicted octanol–water partition coefficient (Wildman–Crippen LogP) is 1.83. The number of carbonyl (C=O) groups is 1. The van der Waals surface area contributed by atoms with Gasteiger partial charge in [0.2, 0.25) is 0 Å². The topological polar surface area (TPSA) is 55.1 Å². The second-order valence-corrected chi connectivity index (χ2v) is 5.30. The van der Waals surface area contributed by atoms with Crippen molar-refractivity contribution in [2.24, 2.45) is 5.73 Å². The Morgan fingerprint density at radius 2 is 2.00 bits per heavy atom. The fourth-order valence-corrected chi connectivity index (χ4v) is 1.55. The van der Waals surface area contributed by atoms with Gasteiger partial charge in [0.1, 0.15) is 0 Å². The van der Waals surface area contributed by atoms with E-state index in [0.29, 0.717) is 12.1 Å². The van der Waals surface area contributed by atoms with Crippen molar-refractivity contribution in [3.8, 4) is 11.8 Å². The van der Waals surface area contributed by atoms with Crippen molar-refractivity contribution in [1.29, 1.82) is 0 Å². The second-order valence-electron chi connectivity index (χ2n) is 5.30. The van der Waals surface area contributed by atoms with Crippen molar-refractivity contribution >= 4 is 5.91 Å². The van der Waals surface area contributed by atoms with Gasteiger partial charge < -0.3 is 11.1 Å². The number of nitrogens with one attached hydrogen (secondary N) is 1. The Morgan fingerprint density at radius 3 is 2.56 bits per heavy atom. The minimum absolute atomic E-state index is 0.0815. The molecule has 3 heteroatoms. The molecule has 0 aliphatic carbocycles. The number of rotatable bonds is 1. The van der Waals surface area contributed by atoms with Crippen molar-refractivity contribution in [2.45, 2.75) is 33.2 Å². The molecule has 1 aromatic carbocycles. The zero-order valence-electron chi connectivity index (χ0n) is 11.4. The van der Waals surface area contributed by atoms with Crippen LogP contribution in [-0.2, 0) is 0 Å². The lowest BCUT2D eigenvalue weighted by atomic mass is 10.0. The molecular formula is C15H20N2O. The third-order valence-electron chi connectivity index (χ3n) is 2.16. The van der Waals surface area contributed by atoms with Gasteiger partial charge in [0.25, 0.3) is 5.91 Å². The van der Waals surface area contributed by atoms with E-state index in [2.05, 4.69) is 17.2 Å². The van der Waals surface area contributed by atoms with Crippen LogP contribution in [0.4, 0.5) is 0 Å². The first-order chi connectivity index (χ1) is 8.31. The predicted molar refractivity (Wildman–Crippen MR) is 74.3 cm³/mol. The fraction of sp³-hybridized carbons (Fsp3) is 0.400. The summed E-state index contributed by atoms with van der Waals surface area (Å²) in [6.45, 7) is 8.13. The quantitative estimate of drug-likeness (QED) is 0.741. The molecule has 18 heavy (non-hydrogen) atoms. The standard InChI is InChI=1S/C15H20N2O/c1-11-8-12(6-5-7-16)10-13(9-11)14(18)17-15(2,3)4/h8-10H,7,16H2,1-4H3,(H,17,18). The summed E-state index contributed by atoms with van der Waals surface area (Å²) in [6, 6.07) is 5.59. The van der Waals surface area contributed by atoms with E-state index >= 15 is 0 Å². The van der Waals surface area contributed by atoms with Crippen molar-refractivity contribution in [1.82, 2.24) is 5.32 Å². The molecule has 0 aromatic heterocycles. The lowest BCUT2D eigenvalue weighted by Crippen LogP contribution is -2.40. The monoisotopic (exact) mass is 244 g/mol. The van der Waals surface area contributed by atoms with E-state index < -0.39 is 0 Å². The third-order valence-corrected chi connectivity index (χ3v) is 2.16. The summed E-state index contributed by atoms with van der Waals surface area (Å²) in [5.74, 6) is 5.66. The zero-order valence-corrected chi connectivity index (χ0v) is 11.4. The molecule has 0 spiro atoms. The summed E-state index contributed by atoms with van der Waals surface area (Å²) in [4.78, 5) is 12.1. The summed E-state index contributed by atoms with van der Waals surface area (Å²) in [5.41, 5.74) is 7.56. The van der Waals surface area contributed by atoms with Crippen LogP contribution in [0.5, 0.6) is 0 Å². The van der Waals surface area contributed by atoms with Crippen LogP contribution in [0.3, 0.4) is 0 Å². The molecule has 3 nitrogen and oxygen atoms in total. The third kappa shape index (κ3) is 4.60. The molecule has 0 atom stereocenters. The van der Waals surface area contributed by atoms with E-state index in [-0.39, 0.29) is 11.4 Å². The Hall–Kier alpha value is -1.79. The second kappa shape index (κ2) is 5.70. The van der Waals surface area contributed by atoms with Gasteiger partial charge in [-0.05, 0) is 51.5 Å². The van der Waals surface area contributed by atoms with Crippen LogP contribution in [0.1, 0.15) is 42.3 Å². The summed E-state index contributed by atoms with van der Waals surface area (Å²) < 4.78 is 0. The summed E-state index contributed by atoms with van der Waals surface area (Å²) in [6.07, 6.45) is 0. The molecule has 0 bridgehead atoms. The first-order valence-electron chi connectivity index (χ1n) is 5.95. The lowest BCUT2D eigenvalue weighted by Gasteiger charge is -2.20. The number of benzene rings is 1. The Kier molecular flexibility index (Phi) is 4.52. The largest absolute Gasteiger partial charge is 0.347 e. The molecule has 0 saturated carbocycles. The molecule has 1 amide bonds. The van der Waals surface area contributed by atoms with E-state index in [1.54, 1.807) is 6.07 Å². The average Bonchev–Trinajstić information content (AvgIpc) is 2.23. The summed E-state index contributed by atoms with van der Waals surface area (Å²) in [5, 5.41) is 2.93. The molecule has 0 fully saturated rings. The van der Waals surface area contributed by atoms with Gasteiger partial charge in [-0.25, -0.2) is 0 Å². The lowest BCUT2D eigenvalue weighted by molar-refractivity contribution is 0.0919. The highest BCUT2D eigenvalue weighted by molar-refractivity contribution is 5.95.